The summed E-state index contributed by atoms with van der Waals surface area (Å²) >= 11 is 0. The summed E-state index contributed by atoms with van der Waals surface area (Å²) in [6.07, 6.45) is 2.43. The molecule has 1 rings (SSSR count). The molecule has 2 atom stereocenters. The molecule has 212 valence electrons. The fourth-order valence-corrected chi connectivity index (χ4v) is 3.68. The predicted octanol–water partition coefficient (Wildman–Crippen LogP) is 2.21. The van der Waals surface area contributed by atoms with Crippen LogP contribution < -0.4 is 21.3 Å². The fourth-order valence-electron chi connectivity index (χ4n) is 3.68. The number of amides is 4. The molecule has 4 N–H and O–H groups in total. The molecular weight excluding hydrogens is 490 g/mol. The normalized spacial score (nSPS) is 12.3. The Morgan fingerprint density at radius 1 is 0.947 bits per heavy atom. The van der Waals surface area contributed by atoms with Crippen molar-refractivity contribution in [2.75, 3.05) is 32.5 Å². The van der Waals surface area contributed by atoms with Gasteiger partial charge in [-0.2, -0.15) is 0 Å². The van der Waals surface area contributed by atoms with Gasteiger partial charge in [-0.1, -0.05) is 32.4 Å². The van der Waals surface area contributed by atoms with E-state index in [1.54, 1.807) is 45.0 Å². The van der Waals surface area contributed by atoms with E-state index in [1.807, 2.05) is 7.05 Å². The van der Waals surface area contributed by atoms with Crippen LogP contribution in [0.5, 0.6) is 0 Å². The summed E-state index contributed by atoms with van der Waals surface area (Å²) in [4.78, 5) is 61.9. The number of Topliss-reactive ketones (excluding diaryl/α,β-unsaturated/α-hetero) is 1. The standard InChI is InChI=1S/C27H43N5O6/c1-18(2)24(26(36)29-16-19(3)33)32(6)27(37)38-17-21-11-13-22(14-12-21)31-25(35)20(4)30-23(34)10-8-7-9-15-28-5/h11-14,18,20,24,28H,7-10,15-17H2,1-6H3,(H,29,36)(H,30,34)(H,31,35)/t20-,24?/m0/s1. The molecule has 11 heteroatoms. The molecule has 0 aliphatic rings. The number of hydrogen-bond donors (Lipinski definition) is 4. The minimum Gasteiger partial charge on any atom is -0.445 e. The highest BCUT2D eigenvalue weighted by molar-refractivity contribution is 5.96. The maximum absolute atomic E-state index is 12.6. The topological polar surface area (TPSA) is 146 Å². The lowest BCUT2D eigenvalue weighted by molar-refractivity contribution is -0.129. The molecule has 0 heterocycles. The maximum atomic E-state index is 12.6. The van der Waals surface area contributed by atoms with Gasteiger partial charge in [-0.05, 0) is 63.9 Å². The smallest absolute Gasteiger partial charge is 0.410 e. The van der Waals surface area contributed by atoms with Crippen LogP contribution in [0.3, 0.4) is 0 Å². The van der Waals surface area contributed by atoms with Gasteiger partial charge in [-0.3, -0.25) is 24.1 Å². The first kappa shape index (κ1) is 32.6. The Hall–Kier alpha value is -3.47. The van der Waals surface area contributed by atoms with Gasteiger partial charge in [0.1, 0.15) is 24.5 Å². The Bertz CT molecular complexity index is 934. The van der Waals surface area contributed by atoms with E-state index in [4.69, 9.17) is 4.74 Å². The molecule has 11 nitrogen and oxygen atoms in total. The Balaban J connectivity index is 2.54. The monoisotopic (exact) mass is 533 g/mol. The molecule has 0 radical (unpaired) electrons. The van der Waals surface area contributed by atoms with Crippen molar-refractivity contribution in [1.29, 1.82) is 0 Å². The van der Waals surface area contributed by atoms with E-state index in [0.29, 0.717) is 17.7 Å². The van der Waals surface area contributed by atoms with Crippen LogP contribution in [-0.2, 0) is 30.5 Å². The third-order valence-corrected chi connectivity index (χ3v) is 5.80. The molecule has 0 bridgehead atoms. The molecule has 0 spiro atoms. The van der Waals surface area contributed by atoms with Crippen LogP contribution in [0.4, 0.5) is 10.5 Å². The number of carbonyl (C=O) groups excluding carboxylic acids is 5. The van der Waals surface area contributed by atoms with Gasteiger partial charge in [0.05, 0.1) is 6.54 Å². The molecule has 1 aromatic rings. The Morgan fingerprint density at radius 3 is 2.18 bits per heavy atom. The molecule has 0 saturated carbocycles. The number of unbranched alkanes of at least 4 members (excludes halogenated alkanes) is 2. The average molecular weight is 534 g/mol. The van der Waals surface area contributed by atoms with Crippen molar-refractivity contribution in [2.24, 2.45) is 5.92 Å². The number of ether oxygens (including phenoxy) is 1. The van der Waals surface area contributed by atoms with Crippen LogP contribution in [0.1, 0.15) is 58.9 Å². The SMILES string of the molecule is CNCCCCCC(=O)N[C@@H](C)C(=O)Nc1ccc(COC(=O)N(C)C(C(=O)NCC(C)=O)C(C)C)cc1. The second-order valence-electron chi connectivity index (χ2n) is 9.66. The number of hydrogen-bond acceptors (Lipinski definition) is 7. The minimum absolute atomic E-state index is 0.0297. The van der Waals surface area contributed by atoms with E-state index in [0.717, 1.165) is 25.8 Å². The highest BCUT2D eigenvalue weighted by Crippen LogP contribution is 2.14. The number of anilines is 1. The first-order valence-corrected chi connectivity index (χ1v) is 13.0. The van der Waals surface area contributed by atoms with E-state index in [1.165, 1.54) is 18.9 Å². The number of rotatable bonds is 16. The molecule has 0 fully saturated rings. The molecule has 0 aliphatic heterocycles. The van der Waals surface area contributed by atoms with Crippen molar-refractivity contribution in [3.8, 4) is 0 Å². The molecule has 38 heavy (non-hydrogen) atoms. The number of benzene rings is 1. The Kier molecular flexibility index (Phi) is 14.7. The van der Waals surface area contributed by atoms with Crippen molar-refractivity contribution in [2.45, 2.75) is 72.1 Å². The Morgan fingerprint density at radius 2 is 1.61 bits per heavy atom. The first-order valence-electron chi connectivity index (χ1n) is 13.0. The largest absolute Gasteiger partial charge is 0.445 e. The van der Waals surface area contributed by atoms with Crippen molar-refractivity contribution in [3.05, 3.63) is 29.8 Å². The van der Waals surface area contributed by atoms with Gasteiger partial charge >= 0.3 is 6.09 Å². The van der Waals surface area contributed by atoms with Crippen molar-refractivity contribution >= 4 is 35.3 Å². The van der Waals surface area contributed by atoms with Crippen molar-refractivity contribution < 1.29 is 28.7 Å². The van der Waals surface area contributed by atoms with Gasteiger partial charge in [-0.25, -0.2) is 4.79 Å². The zero-order chi connectivity index (χ0) is 28.7. The molecule has 1 unspecified atom stereocenters. The minimum atomic E-state index is -0.791. The van der Waals surface area contributed by atoms with Gasteiger partial charge in [0, 0.05) is 19.2 Å². The average Bonchev–Trinajstić information content (AvgIpc) is 2.86. The zero-order valence-corrected chi connectivity index (χ0v) is 23.4. The van der Waals surface area contributed by atoms with Crippen LogP contribution >= 0.6 is 0 Å². The predicted molar refractivity (Wildman–Crippen MR) is 145 cm³/mol. The maximum Gasteiger partial charge on any atom is 0.410 e. The highest BCUT2D eigenvalue weighted by Gasteiger charge is 2.30. The van der Waals surface area contributed by atoms with E-state index in [9.17, 15) is 24.0 Å². The summed E-state index contributed by atoms with van der Waals surface area (Å²) in [6, 6.07) is 5.28. The fraction of sp³-hybridized carbons (Fsp3) is 0.593. The summed E-state index contributed by atoms with van der Waals surface area (Å²) in [5.74, 6) is -1.30. The number of nitrogens with one attached hydrogen (secondary N) is 4. The van der Waals surface area contributed by atoms with Crippen molar-refractivity contribution in [1.82, 2.24) is 20.9 Å². The van der Waals surface area contributed by atoms with Gasteiger partial charge in [0.25, 0.3) is 0 Å². The highest BCUT2D eigenvalue weighted by atomic mass is 16.6. The summed E-state index contributed by atoms with van der Waals surface area (Å²) in [5, 5.41) is 11.1. The second-order valence-corrected chi connectivity index (χ2v) is 9.66. The molecule has 0 saturated heterocycles. The van der Waals surface area contributed by atoms with E-state index < -0.39 is 24.1 Å². The summed E-state index contributed by atoms with van der Waals surface area (Å²) in [7, 11) is 3.37. The molecular formula is C27H43N5O6. The summed E-state index contributed by atoms with van der Waals surface area (Å²) in [6.45, 7) is 7.38. The van der Waals surface area contributed by atoms with E-state index in [2.05, 4.69) is 21.3 Å². The number of carbonyl (C=O) groups is 5. The van der Waals surface area contributed by atoms with Gasteiger partial charge in [-0.15, -0.1) is 0 Å². The van der Waals surface area contributed by atoms with Gasteiger partial charge in [0.2, 0.25) is 17.7 Å². The van der Waals surface area contributed by atoms with Crippen LogP contribution in [0, 0.1) is 5.92 Å². The van der Waals surface area contributed by atoms with E-state index in [-0.39, 0.29) is 36.7 Å². The lowest BCUT2D eigenvalue weighted by Crippen LogP contribution is -2.51. The van der Waals surface area contributed by atoms with Crippen LogP contribution in [0.2, 0.25) is 0 Å². The molecule has 0 aliphatic carbocycles. The summed E-state index contributed by atoms with van der Waals surface area (Å²) < 4.78 is 5.36. The molecule has 1 aromatic carbocycles. The number of ketones is 1. The first-order chi connectivity index (χ1) is 18.0. The van der Waals surface area contributed by atoms with Crippen LogP contribution in [0.25, 0.3) is 0 Å². The quantitative estimate of drug-likeness (QED) is 0.238. The third-order valence-electron chi connectivity index (χ3n) is 5.80. The number of nitrogens with zero attached hydrogens (tertiary/aromatic N) is 1. The van der Waals surface area contributed by atoms with Gasteiger partial charge in [0.15, 0.2) is 0 Å². The van der Waals surface area contributed by atoms with Crippen molar-refractivity contribution in [3.63, 3.8) is 0 Å². The molecule has 0 aromatic heterocycles. The lowest BCUT2D eigenvalue weighted by atomic mass is 10.0. The van der Waals surface area contributed by atoms with E-state index >= 15 is 0 Å². The number of likely N-dealkylation sites (N-methyl/N-ethyl adjacent to an activating group) is 1. The summed E-state index contributed by atoms with van der Waals surface area (Å²) in [5.41, 5.74) is 1.23. The molecule has 4 amide bonds. The lowest BCUT2D eigenvalue weighted by Gasteiger charge is -2.29. The van der Waals surface area contributed by atoms with Crippen LogP contribution in [0.15, 0.2) is 24.3 Å². The zero-order valence-electron chi connectivity index (χ0n) is 23.4. The van der Waals surface area contributed by atoms with Crippen LogP contribution in [-0.4, -0.2) is 73.8 Å². The Labute approximate surface area is 225 Å². The third kappa shape index (κ3) is 12.2. The second kappa shape index (κ2) is 17.1. The van der Waals surface area contributed by atoms with Gasteiger partial charge < -0.3 is 26.0 Å².